The number of rotatable bonds is 5. The lowest BCUT2D eigenvalue weighted by atomic mass is 10.1. The average Bonchev–Trinajstić information content (AvgIpc) is 3.31. The molecule has 0 aliphatic heterocycles. The maximum absolute atomic E-state index is 10.8. The van der Waals surface area contributed by atoms with Gasteiger partial charge in [0.25, 0.3) is 5.69 Å². The predicted molar refractivity (Wildman–Crippen MR) is 83.2 cm³/mol. The second-order valence-corrected chi connectivity index (χ2v) is 5.34. The topological polar surface area (TPSA) is 72.4 Å². The monoisotopic (exact) mass is 283 g/mol. The third kappa shape index (κ3) is 2.97. The molecule has 2 aromatic carbocycles. The Morgan fingerprint density at radius 3 is 2.48 bits per heavy atom. The molecule has 21 heavy (non-hydrogen) atoms. The van der Waals surface area contributed by atoms with Crippen molar-refractivity contribution in [1.82, 2.24) is 0 Å². The average molecular weight is 283 g/mol. The van der Waals surface area contributed by atoms with Crippen LogP contribution in [0.4, 0.5) is 17.1 Å². The highest BCUT2D eigenvalue weighted by molar-refractivity contribution is 5.71. The number of nitrogens with two attached hydrogens (primary N) is 1. The van der Waals surface area contributed by atoms with Crippen LogP contribution >= 0.6 is 0 Å². The highest BCUT2D eigenvalue weighted by Gasteiger charge is 2.30. The fourth-order valence-corrected chi connectivity index (χ4v) is 2.49. The SMILES string of the molecule is Nc1cc([N+](=O)[O-])ccc1N(Cc1ccccc1)C1CC1. The lowest BCUT2D eigenvalue weighted by Gasteiger charge is -2.26. The van der Waals surface area contributed by atoms with E-state index in [0.29, 0.717) is 11.7 Å². The van der Waals surface area contributed by atoms with E-state index in [-0.39, 0.29) is 5.69 Å². The third-order valence-corrected chi connectivity index (χ3v) is 3.71. The minimum Gasteiger partial charge on any atom is -0.397 e. The zero-order valence-electron chi connectivity index (χ0n) is 11.6. The number of anilines is 2. The Bertz CT molecular complexity index is 654. The van der Waals surface area contributed by atoms with Crippen LogP contribution in [0.25, 0.3) is 0 Å². The van der Waals surface area contributed by atoms with Crippen molar-refractivity contribution in [1.29, 1.82) is 0 Å². The van der Waals surface area contributed by atoms with Crippen molar-refractivity contribution in [2.45, 2.75) is 25.4 Å². The smallest absolute Gasteiger partial charge is 0.271 e. The Morgan fingerprint density at radius 1 is 1.19 bits per heavy atom. The van der Waals surface area contributed by atoms with Crippen LogP contribution < -0.4 is 10.6 Å². The summed E-state index contributed by atoms with van der Waals surface area (Å²) in [6.07, 6.45) is 2.28. The van der Waals surface area contributed by atoms with Crippen molar-refractivity contribution in [3.8, 4) is 0 Å². The molecule has 0 heterocycles. The van der Waals surface area contributed by atoms with E-state index in [1.807, 2.05) is 18.2 Å². The van der Waals surface area contributed by atoms with E-state index in [1.54, 1.807) is 6.07 Å². The van der Waals surface area contributed by atoms with Crippen molar-refractivity contribution < 1.29 is 4.92 Å². The summed E-state index contributed by atoms with van der Waals surface area (Å²) in [4.78, 5) is 12.6. The molecule has 108 valence electrons. The zero-order chi connectivity index (χ0) is 14.8. The zero-order valence-corrected chi connectivity index (χ0v) is 11.6. The molecule has 2 N–H and O–H groups in total. The van der Waals surface area contributed by atoms with E-state index in [4.69, 9.17) is 5.73 Å². The number of nitrogen functional groups attached to an aromatic ring is 1. The second kappa shape index (κ2) is 5.44. The molecule has 1 fully saturated rings. The Kier molecular flexibility index (Phi) is 3.48. The van der Waals surface area contributed by atoms with Crippen LogP contribution in [-0.4, -0.2) is 11.0 Å². The molecule has 0 spiro atoms. The summed E-state index contributed by atoms with van der Waals surface area (Å²) >= 11 is 0. The van der Waals surface area contributed by atoms with Gasteiger partial charge in [-0.15, -0.1) is 0 Å². The lowest BCUT2D eigenvalue weighted by molar-refractivity contribution is -0.384. The summed E-state index contributed by atoms with van der Waals surface area (Å²) in [5.41, 5.74) is 8.62. The van der Waals surface area contributed by atoms with Crippen LogP contribution in [0.5, 0.6) is 0 Å². The molecule has 0 bridgehead atoms. The van der Waals surface area contributed by atoms with Crippen molar-refractivity contribution in [3.05, 3.63) is 64.2 Å². The summed E-state index contributed by atoms with van der Waals surface area (Å²) in [6, 6.07) is 15.4. The van der Waals surface area contributed by atoms with E-state index in [1.165, 1.54) is 17.7 Å². The molecule has 1 aliphatic carbocycles. The van der Waals surface area contributed by atoms with Gasteiger partial charge in [-0.2, -0.15) is 0 Å². The second-order valence-electron chi connectivity index (χ2n) is 5.34. The first-order valence-electron chi connectivity index (χ1n) is 6.99. The van der Waals surface area contributed by atoms with E-state index in [0.717, 1.165) is 25.1 Å². The van der Waals surface area contributed by atoms with Gasteiger partial charge in [0.1, 0.15) is 0 Å². The molecule has 0 atom stereocenters. The molecule has 5 heteroatoms. The molecule has 2 aromatic rings. The first kappa shape index (κ1) is 13.4. The minimum atomic E-state index is -0.418. The molecule has 1 aliphatic rings. The third-order valence-electron chi connectivity index (χ3n) is 3.71. The molecule has 0 radical (unpaired) electrons. The Hall–Kier alpha value is -2.56. The number of nitro groups is 1. The summed E-state index contributed by atoms with van der Waals surface area (Å²) in [5.74, 6) is 0. The molecular formula is C16H17N3O2. The lowest BCUT2D eigenvalue weighted by Crippen LogP contribution is -2.25. The fourth-order valence-electron chi connectivity index (χ4n) is 2.49. The molecule has 1 saturated carbocycles. The molecule has 0 saturated heterocycles. The molecular weight excluding hydrogens is 266 g/mol. The first-order valence-corrected chi connectivity index (χ1v) is 6.99. The van der Waals surface area contributed by atoms with Gasteiger partial charge in [-0.05, 0) is 24.5 Å². The number of non-ortho nitro benzene ring substituents is 1. The molecule has 5 nitrogen and oxygen atoms in total. The van der Waals surface area contributed by atoms with E-state index in [2.05, 4.69) is 17.0 Å². The number of benzene rings is 2. The van der Waals surface area contributed by atoms with Crippen LogP contribution in [-0.2, 0) is 6.54 Å². The summed E-state index contributed by atoms with van der Waals surface area (Å²) in [7, 11) is 0. The molecule has 0 unspecified atom stereocenters. The largest absolute Gasteiger partial charge is 0.397 e. The quantitative estimate of drug-likeness (QED) is 0.519. The molecule has 3 rings (SSSR count). The van der Waals surface area contributed by atoms with Crippen molar-refractivity contribution in [2.24, 2.45) is 0 Å². The highest BCUT2D eigenvalue weighted by Crippen LogP contribution is 2.37. The van der Waals surface area contributed by atoms with Gasteiger partial charge in [0.15, 0.2) is 0 Å². The van der Waals surface area contributed by atoms with Crippen LogP contribution in [0.15, 0.2) is 48.5 Å². The predicted octanol–water partition coefficient (Wildman–Crippen LogP) is 3.35. The number of nitro benzene ring substituents is 1. The minimum absolute atomic E-state index is 0.0340. The fraction of sp³-hybridized carbons (Fsp3) is 0.250. The summed E-state index contributed by atoms with van der Waals surface area (Å²) in [5, 5.41) is 10.8. The molecule has 0 aromatic heterocycles. The summed E-state index contributed by atoms with van der Waals surface area (Å²) < 4.78 is 0. The van der Waals surface area contributed by atoms with Crippen molar-refractivity contribution >= 4 is 17.1 Å². The van der Waals surface area contributed by atoms with E-state index < -0.39 is 4.92 Å². The van der Waals surface area contributed by atoms with Crippen LogP contribution in [0.2, 0.25) is 0 Å². The van der Waals surface area contributed by atoms with E-state index >= 15 is 0 Å². The highest BCUT2D eigenvalue weighted by atomic mass is 16.6. The van der Waals surface area contributed by atoms with Crippen LogP contribution in [0.3, 0.4) is 0 Å². The van der Waals surface area contributed by atoms with Crippen molar-refractivity contribution in [2.75, 3.05) is 10.6 Å². The number of hydrogen-bond donors (Lipinski definition) is 1. The van der Waals surface area contributed by atoms with E-state index in [9.17, 15) is 10.1 Å². The Labute approximate surface area is 123 Å². The van der Waals surface area contributed by atoms with Gasteiger partial charge in [-0.25, -0.2) is 0 Å². The van der Waals surface area contributed by atoms with Crippen LogP contribution in [0.1, 0.15) is 18.4 Å². The van der Waals surface area contributed by atoms with Gasteiger partial charge in [0, 0.05) is 24.7 Å². The number of nitrogens with zero attached hydrogens (tertiary/aromatic N) is 2. The van der Waals surface area contributed by atoms with Gasteiger partial charge < -0.3 is 10.6 Å². The van der Waals surface area contributed by atoms with Gasteiger partial charge in [0.05, 0.1) is 16.3 Å². The van der Waals surface area contributed by atoms with Gasteiger partial charge in [0.2, 0.25) is 0 Å². The summed E-state index contributed by atoms with van der Waals surface area (Å²) in [6.45, 7) is 0.771. The van der Waals surface area contributed by atoms with Crippen molar-refractivity contribution in [3.63, 3.8) is 0 Å². The Balaban J connectivity index is 1.89. The maximum atomic E-state index is 10.8. The molecule has 0 amide bonds. The van der Waals surface area contributed by atoms with Gasteiger partial charge in [-0.1, -0.05) is 30.3 Å². The Morgan fingerprint density at radius 2 is 1.90 bits per heavy atom. The normalized spacial score (nSPS) is 13.9. The van der Waals surface area contributed by atoms with Gasteiger partial charge in [-0.3, -0.25) is 10.1 Å². The van der Waals surface area contributed by atoms with Crippen LogP contribution in [0, 0.1) is 10.1 Å². The standard InChI is InChI=1S/C16H17N3O2/c17-15-10-14(19(20)21)8-9-16(15)18(13-6-7-13)11-12-4-2-1-3-5-12/h1-5,8-10,13H,6-7,11,17H2. The maximum Gasteiger partial charge on any atom is 0.271 e. The first-order chi connectivity index (χ1) is 10.1. The number of hydrogen-bond acceptors (Lipinski definition) is 4. The van der Waals surface area contributed by atoms with Gasteiger partial charge >= 0.3 is 0 Å².